The van der Waals surface area contributed by atoms with E-state index in [-0.39, 0.29) is 11.7 Å². The highest BCUT2D eigenvalue weighted by Gasteiger charge is 2.34. The molecule has 1 aliphatic carbocycles. The van der Waals surface area contributed by atoms with Crippen molar-refractivity contribution in [3.05, 3.63) is 47.2 Å². The van der Waals surface area contributed by atoms with Gasteiger partial charge in [0.25, 0.3) is 0 Å². The number of esters is 1. The normalized spacial score (nSPS) is 18.0. The maximum atomic E-state index is 12.9. The van der Waals surface area contributed by atoms with Gasteiger partial charge >= 0.3 is 5.97 Å². The van der Waals surface area contributed by atoms with E-state index in [4.69, 9.17) is 9.57 Å². The quantitative estimate of drug-likeness (QED) is 0.209. The zero-order valence-electron chi connectivity index (χ0n) is 16.4. The molecule has 5 nitrogen and oxygen atoms in total. The Kier molecular flexibility index (Phi) is 8.10. The molecular formula is C21H27NO4S. The molecule has 0 fully saturated rings. The summed E-state index contributed by atoms with van der Waals surface area (Å²) >= 11 is 1.50. The van der Waals surface area contributed by atoms with E-state index in [9.17, 15) is 9.59 Å². The Bertz CT molecular complexity index is 725. The lowest BCUT2D eigenvalue weighted by molar-refractivity contribution is -0.117. The number of nitrogens with zero attached hydrogens (tertiary/aromatic N) is 1. The summed E-state index contributed by atoms with van der Waals surface area (Å²) in [7, 11) is 0. The average Bonchev–Trinajstić information content (AvgIpc) is 2.66. The van der Waals surface area contributed by atoms with Crippen LogP contribution >= 0.6 is 11.8 Å². The van der Waals surface area contributed by atoms with Gasteiger partial charge in [-0.15, -0.1) is 11.8 Å². The second kappa shape index (κ2) is 10.3. The van der Waals surface area contributed by atoms with Crippen molar-refractivity contribution in [2.75, 3.05) is 12.2 Å². The van der Waals surface area contributed by atoms with Crippen LogP contribution in [0.2, 0.25) is 0 Å². The number of allylic oxidation sites excluding steroid dienone is 2. The minimum absolute atomic E-state index is 0.0378. The Morgan fingerprint density at radius 2 is 1.96 bits per heavy atom. The minimum Gasteiger partial charge on any atom is -0.427 e. The molecule has 0 amide bonds. The second-order valence-corrected chi connectivity index (χ2v) is 7.63. The molecule has 0 heterocycles. The van der Waals surface area contributed by atoms with E-state index < -0.39 is 5.97 Å². The molecule has 146 valence electrons. The van der Waals surface area contributed by atoms with Gasteiger partial charge in [0, 0.05) is 12.8 Å². The van der Waals surface area contributed by atoms with Gasteiger partial charge in [-0.05, 0) is 36.6 Å². The third-order valence-corrected chi connectivity index (χ3v) is 4.93. The van der Waals surface area contributed by atoms with Crippen molar-refractivity contribution >= 4 is 29.2 Å². The van der Waals surface area contributed by atoms with Crippen LogP contribution in [0, 0.1) is 11.8 Å². The lowest BCUT2D eigenvalue weighted by atomic mass is 9.79. The van der Waals surface area contributed by atoms with Crippen LogP contribution in [-0.2, 0) is 14.4 Å². The molecule has 6 heteroatoms. The topological polar surface area (TPSA) is 65.0 Å². The average molecular weight is 390 g/mol. The first-order valence-electron chi connectivity index (χ1n) is 9.19. The number of thioether (sulfide) groups is 1. The maximum Gasteiger partial charge on any atom is 0.343 e. The van der Waals surface area contributed by atoms with Crippen molar-refractivity contribution in [1.29, 1.82) is 0 Å². The first kappa shape index (κ1) is 21.2. The molecule has 1 unspecified atom stereocenters. The number of ether oxygens (including phenoxy) is 1. The first-order valence-corrected chi connectivity index (χ1v) is 10.6. The minimum atomic E-state index is -0.458. The molecule has 0 aromatic heterocycles. The fraction of sp³-hybridized carbons (Fsp3) is 0.476. The summed E-state index contributed by atoms with van der Waals surface area (Å²) in [6.07, 6.45) is 3.40. The summed E-state index contributed by atoms with van der Waals surface area (Å²) in [6, 6.07) is 8.80. The molecular weight excluding hydrogens is 362 g/mol. The molecule has 0 radical (unpaired) electrons. The lowest BCUT2D eigenvalue weighted by Gasteiger charge is -2.28. The van der Waals surface area contributed by atoms with Gasteiger partial charge in [-0.2, -0.15) is 0 Å². The molecule has 0 N–H and O–H groups in total. The lowest BCUT2D eigenvalue weighted by Crippen LogP contribution is -2.28. The predicted octanol–water partition coefficient (Wildman–Crippen LogP) is 4.84. The number of ketones is 1. The third kappa shape index (κ3) is 5.70. The number of oxime groups is 1. The molecule has 1 aromatic carbocycles. The molecule has 0 bridgehead atoms. The highest BCUT2D eigenvalue weighted by molar-refractivity contribution is 7.98. The van der Waals surface area contributed by atoms with Crippen LogP contribution in [0.4, 0.5) is 0 Å². The van der Waals surface area contributed by atoms with Gasteiger partial charge in [-0.25, -0.2) is 4.79 Å². The number of Topliss-reactive ketones (excluding diaryl/α,β-unsaturated/α-hetero) is 1. The summed E-state index contributed by atoms with van der Waals surface area (Å²) in [4.78, 5) is 30.7. The zero-order valence-corrected chi connectivity index (χ0v) is 17.2. The van der Waals surface area contributed by atoms with Crippen LogP contribution in [-0.4, -0.2) is 29.7 Å². The molecule has 0 aliphatic heterocycles. The molecule has 1 atom stereocenters. The summed E-state index contributed by atoms with van der Waals surface area (Å²) < 4.78 is 5.71. The molecule has 27 heavy (non-hydrogen) atoms. The maximum absolute atomic E-state index is 12.9. The van der Waals surface area contributed by atoms with Crippen molar-refractivity contribution in [2.24, 2.45) is 17.0 Å². The summed E-state index contributed by atoms with van der Waals surface area (Å²) in [6.45, 7) is 6.07. The molecule has 1 aromatic rings. The van der Waals surface area contributed by atoms with E-state index in [2.05, 4.69) is 19.0 Å². The van der Waals surface area contributed by atoms with Crippen LogP contribution in [0.5, 0.6) is 0 Å². The summed E-state index contributed by atoms with van der Waals surface area (Å²) in [5.41, 5.74) is 1.39. The number of carbonyl (C=O) groups excluding carboxylic acids is 2. The number of hydrogen-bond donors (Lipinski definition) is 0. The van der Waals surface area contributed by atoms with E-state index in [0.717, 1.165) is 0 Å². The SMILES string of the molecule is CCC(=NOCSC)C1=C(OC(=O)c2ccccc2)CC(C(C)C)CC1=O. The van der Waals surface area contributed by atoms with Gasteiger partial charge in [0.15, 0.2) is 11.7 Å². The summed E-state index contributed by atoms with van der Waals surface area (Å²) in [5.74, 6) is 0.775. The smallest absolute Gasteiger partial charge is 0.343 e. The predicted molar refractivity (Wildman–Crippen MR) is 109 cm³/mol. The third-order valence-electron chi connectivity index (χ3n) is 4.59. The Morgan fingerprint density at radius 3 is 2.56 bits per heavy atom. The Labute approximate surface area is 165 Å². The second-order valence-electron chi connectivity index (χ2n) is 6.82. The van der Waals surface area contributed by atoms with Gasteiger partial charge < -0.3 is 9.57 Å². The standard InChI is InChI=1S/C21H27NO4S/c1-5-17(22-25-13-27-4)20-18(23)11-16(14(2)3)12-19(20)26-21(24)15-9-7-6-8-10-15/h6-10,14,16H,5,11-13H2,1-4H3. The van der Waals surface area contributed by atoms with Crippen LogP contribution in [0.25, 0.3) is 0 Å². The fourth-order valence-electron chi connectivity index (χ4n) is 2.98. The van der Waals surface area contributed by atoms with Crippen molar-refractivity contribution in [3.63, 3.8) is 0 Å². The highest BCUT2D eigenvalue weighted by atomic mass is 32.2. The van der Waals surface area contributed by atoms with Crippen LogP contribution in [0.15, 0.2) is 46.8 Å². The van der Waals surface area contributed by atoms with Crippen molar-refractivity contribution < 1.29 is 19.2 Å². The number of benzene rings is 1. The van der Waals surface area contributed by atoms with Gasteiger partial charge in [0.1, 0.15) is 5.76 Å². The zero-order chi connectivity index (χ0) is 19.8. The number of hydrogen-bond acceptors (Lipinski definition) is 6. The van der Waals surface area contributed by atoms with E-state index >= 15 is 0 Å². The van der Waals surface area contributed by atoms with Crippen LogP contribution in [0.3, 0.4) is 0 Å². The molecule has 0 spiro atoms. The Hall–Kier alpha value is -2.08. The van der Waals surface area contributed by atoms with Gasteiger partial charge in [0.2, 0.25) is 0 Å². The van der Waals surface area contributed by atoms with Crippen molar-refractivity contribution in [3.8, 4) is 0 Å². The van der Waals surface area contributed by atoms with E-state index in [1.807, 2.05) is 19.2 Å². The largest absolute Gasteiger partial charge is 0.427 e. The van der Waals surface area contributed by atoms with Gasteiger partial charge in [-0.3, -0.25) is 4.79 Å². The molecule has 1 aliphatic rings. The van der Waals surface area contributed by atoms with Crippen molar-refractivity contribution in [2.45, 2.75) is 40.0 Å². The van der Waals surface area contributed by atoms with Gasteiger partial charge in [-0.1, -0.05) is 44.1 Å². The first-order chi connectivity index (χ1) is 13.0. The van der Waals surface area contributed by atoms with Gasteiger partial charge in [0.05, 0.1) is 16.8 Å². The van der Waals surface area contributed by atoms with E-state index in [1.54, 1.807) is 24.3 Å². The Balaban J connectivity index is 2.39. The highest BCUT2D eigenvalue weighted by Crippen LogP contribution is 2.34. The fourth-order valence-corrected chi connectivity index (χ4v) is 3.14. The van der Waals surface area contributed by atoms with Crippen LogP contribution in [0.1, 0.15) is 50.4 Å². The van der Waals surface area contributed by atoms with E-state index in [0.29, 0.717) is 53.7 Å². The van der Waals surface area contributed by atoms with E-state index in [1.165, 1.54) is 11.8 Å². The molecule has 0 saturated carbocycles. The summed E-state index contributed by atoms with van der Waals surface area (Å²) in [5, 5.41) is 4.13. The molecule has 0 saturated heterocycles. The van der Waals surface area contributed by atoms with Crippen molar-refractivity contribution in [1.82, 2.24) is 0 Å². The van der Waals surface area contributed by atoms with Crippen LogP contribution < -0.4 is 0 Å². The molecule has 2 rings (SSSR count). The Morgan fingerprint density at radius 1 is 1.26 bits per heavy atom. The monoisotopic (exact) mass is 389 g/mol. The number of carbonyl (C=O) groups is 2. The number of rotatable bonds is 8.